The van der Waals surface area contributed by atoms with Crippen LogP contribution in [0.5, 0.6) is 23.0 Å². The van der Waals surface area contributed by atoms with E-state index >= 15 is 0 Å². The highest BCUT2D eigenvalue weighted by Crippen LogP contribution is 2.49. The van der Waals surface area contributed by atoms with Gasteiger partial charge in [0.15, 0.2) is 25.1 Å². The molecular weight excluding hydrogens is 516 g/mol. The van der Waals surface area contributed by atoms with E-state index in [9.17, 15) is 4.79 Å². The Morgan fingerprint density at radius 1 is 0.846 bits per heavy atom. The van der Waals surface area contributed by atoms with Crippen LogP contribution in [-0.4, -0.2) is 61.7 Å². The fourth-order valence-electron chi connectivity index (χ4n) is 4.25. The predicted molar refractivity (Wildman–Crippen MR) is 156 cm³/mol. The molecule has 0 bridgehead atoms. The molecule has 2 aromatic carbocycles. The third-order valence-corrected chi connectivity index (χ3v) is 8.35. The molecule has 2 atom stereocenters. The number of hydrogen-bond acceptors (Lipinski definition) is 8. The quantitative estimate of drug-likeness (QED) is 0.147. The number of esters is 1. The molecule has 39 heavy (non-hydrogen) atoms. The number of allylic oxidation sites excluding steroid dienone is 1. The van der Waals surface area contributed by atoms with Gasteiger partial charge in [0.25, 0.3) is 0 Å². The zero-order valence-corrected chi connectivity index (χ0v) is 26.0. The Bertz CT molecular complexity index is 1080. The van der Waals surface area contributed by atoms with Crippen molar-refractivity contribution in [2.45, 2.75) is 57.5 Å². The van der Waals surface area contributed by atoms with E-state index in [1.165, 1.54) is 0 Å². The Balaban J connectivity index is 2.79. The van der Waals surface area contributed by atoms with Crippen LogP contribution in [0, 0.1) is 0 Å². The van der Waals surface area contributed by atoms with Crippen molar-refractivity contribution >= 4 is 20.1 Å². The lowest BCUT2D eigenvalue weighted by Gasteiger charge is -2.36. The summed E-state index contributed by atoms with van der Waals surface area (Å²) in [4.78, 5) is 13.8. The zero-order valence-electron chi connectivity index (χ0n) is 25.0. The number of hydrogen-bond donors (Lipinski definition) is 0. The van der Waals surface area contributed by atoms with Crippen molar-refractivity contribution in [1.82, 2.24) is 0 Å². The lowest BCUT2D eigenvalue weighted by Crippen LogP contribution is -2.41. The van der Waals surface area contributed by atoms with Crippen LogP contribution in [-0.2, 0) is 19.0 Å². The van der Waals surface area contributed by atoms with Crippen molar-refractivity contribution in [3.8, 4) is 23.0 Å². The normalized spacial score (nSPS) is 13.6. The fraction of sp³-hybridized carbons (Fsp3) is 0.500. The van der Waals surface area contributed by atoms with Gasteiger partial charge in [-0.25, -0.2) is 0 Å². The molecule has 0 fully saturated rings. The van der Waals surface area contributed by atoms with Gasteiger partial charge in [-0.2, -0.15) is 0 Å². The van der Waals surface area contributed by atoms with E-state index in [1.807, 2.05) is 63.3 Å². The number of benzene rings is 2. The highest BCUT2D eigenvalue weighted by atomic mass is 28.3. The summed E-state index contributed by atoms with van der Waals surface area (Å²) in [6, 6.07) is 11.4. The summed E-state index contributed by atoms with van der Waals surface area (Å²) in [7, 11) is 4.08. The molecule has 8 nitrogen and oxygen atoms in total. The smallest absolute Gasteiger partial charge is 0.307 e. The zero-order chi connectivity index (χ0) is 29.2. The summed E-state index contributed by atoms with van der Waals surface area (Å²) in [6.07, 6.45) is 4.04. The van der Waals surface area contributed by atoms with Gasteiger partial charge in [0.05, 0.1) is 27.8 Å². The molecule has 0 spiro atoms. The average molecular weight is 561 g/mol. The number of methoxy groups -OCH3 is 4. The molecule has 0 saturated carbocycles. The Morgan fingerprint density at radius 3 is 1.97 bits per heavy atom. The van der Waals surface area contributed by atoms with Crippen molar-refractivity contribution in [2.75, 3.05) is 42.0 Å². The second-order valence-electron chi connectivity index (χ2n) is 11.2. The Kier molecular flexibility index (Phi) is 11.9. The van der Waals surface area contributed by atoms with Gasteiger partial charge in [-0.1, -0.05) is 50.0 Å². The summed E-state index contributed by atoms with van der Waals surface area (Å²) in [5.74, 6) is 1.40. The number of ether oxygens (including phenoxy) is 7. The van der Waals surface area contributed by atoms with E-state index in [-0.39, 0.29) is 19.6 Å². The van der Waals surface area contributed by atoms with Crippen molar-refractivity contribution in [3.05, 3.63) is 53.6 Å². The first kappa shape index (κ1) is 32.2. The highest BCUT2D eigenvalue weighted by Gasteiger charge is 2.43. The SMILES string of the molecule is COCOc1ccc(C(/C=C/c2ccc(OC)cc2)C(C(=O)OC(C)(C)C)[Si](C)(C)C)c(OCOC)c1OC. The predicted octanol–water partition coefficient (Wildman–Crippen LogP) is 6.52. The third kappa shape index (κ3) is 9.30. The van der Waals surface area contributed by atoms with Crippen LogP contribution in [0.2, 0.25) is 25.2 Å². The van der Waals surface area contributed by atoms with Gasteiger partial charge in [-0.05, 0) is 44.5 Å². The van der Waals surface area contributed by atoms with E-state index in [2.05, 4.69) is 19.6 Å². The molecule has 0 saturated heterocycles. The fourth-order valence-corrected chi connectivity index (χ4v) is 6.38. The number of carbonyl (C=O) groups is 1. The molecule has 0 aliphatic heterocycles. The van der Waals surface area contributed by atoms with Crippen LogP contribution >= 0.6 is 0 Å². The van der Waals surface area contributed by atoms with E-state index in [0.29, 0.717) is 17.2 Å². The van der Waals surface area contributed by atoms with Crippen molar-refractivity contribution in [3.63, 3.8) is 0 Å². The van der Waals surface area contributed by atoms with Gasteiger partial charge in [0.1, 0.15) is 11.4 Å². The number of rotatable bonds is 14. The van der Waals surface area contributed by atoms with Crippen LogP contribution in [0.15, 0.2) is 42.5 Å². The van der Waals surface area contributed by atoms with Gasteiger partial charge in [-0.15, -0.1) is 0 Å². The van der Waals surface area contributed by atoms with Crippen molar-refractivity contribution < 1.29 is 38.0 Å². The minimum atomic E-state index is -2.19. The first-order valence-corrected chi connectivity index (χ1v) is 16.4. The second kappa shape index (κ2) is 14.4. The van der Waals surface area contributed by atoms with Crippen LogP contribution in [0.1, 0.15) is 37.8 Å². The topological polar surface area (TPSA) is 81.7 Å². The molecule has 0 aliphatic carbocycles. The first-order chi connectivity index (χ1) is 18.4. The van der Waals surface area contributed by atoms with E-state index in [1.54, 1.807) is 34.5 Å². The maximum Gasteiger partial charge on any atom is 0.307 e. The molecule has 9 heteroatoms. The summed E-state index contributed by atoms with van der Waals surface area (Å²) < 4.78 is 39.2. The lowest BCUT2D eigenvalue weighted by atomic mass is 9.92. The number of carbonyl (C=O) groups excluding carboxylic acids is 1. The summed E-state index contributed by atoms with van der Waals surface area (Å²) >= 11 is 0. The van der Waals surface area contributed by atoms with Crippen LogP contribution in [0.3, 0.4) is 0 Å². The highest BCUT2D eigenvalue weighted by molar-refractivity contribution is 6.80. The molecule has 2 aromatic rings. The Hall–Kier alpha value is -3.01. The molecule has 216 valence electrons. The molecule has 0 amide bonds. The molecule has 2 rings (SSSR count). The van der Waals surface area contributed by atoms with Gasteiger partial charge < -0.3 is 33.2 Å². The minimum Gasteiger partial charge on any atom is -0.497 e. The molecule has 0 aromatic heterocycles. The Morgan fingerprint density at radius 2 is 1.46 bits per heavy atom. The average Bonchev–Trinajstić information content (AvgIpc) is 2.86. The molecule has 0 radical (unpaired) electrons. The minimum absolute atomic E-state index is 0.0178. The maximum absolute atomic E-state index is 13.8. The Labute approximate surface area is 234 Å². The molecule has 0 N–H and O–H groups in total. The van der Waals surface area contributed by atoms with Crippen molar-refractivity contribution in [1.29, 1.82) is 0 Å². The molecule has 0 aliphatic rings. The van der Waals surface area contributed by atoms with Gasteiger partial charge in [0.2, 0.25) is 5.75 Å². The van der Waals surface area contributed by atoms with Gasteiger partial charge in [0, 0.05) is 25.7 Å². The van der Waals surface area contributed by atoms with Gasteiger partial charge in [-0.3, -0.25) is 4.79 Å². The second-order valence-corrected chi connectivity index (χ2v) is 16.5. The lowest BCUT2D eigenvalue weighted by molar-refractivity contribution is -0.155. The van der Waals surface area contributed by atoms with E-state index in [0.717, 1.165) is 16.9 Å². The summed E-state index contributed by atoms with van der Waals surface area (Å²) in [5.41, 5.74) is 0.651. The molecule has 0 heterocycles. The molecule has 2 unspecified atom stereocenters. The monoisotopic (exact) mass is 560 g/mol. The summed E-state index contributed by atoms with van der Waals surface area (Å²) in [5, 5.41) is 0. The van der Waals surface area contributed by atoms with Crippen LogP contribution < -0.4 is 18.9 Å². The van der Waals surface area contributed by atoms with Crippen LogP contribution in [0.25, 0.3) is 6.08 Å². The van der Waals surface area contributed by atoms with Crippen molar-refractivity contribution in [2.24, 2.45) is 0 Å². The van der Waals surface area contributed by atoms with E-state index in [4.69, 9.17) is 33.2 Å². The van der Waals surface area contributed by atoms with Gasteiger partial charge >= 0.3 is 5.97 Å². The standard InChI is InChI=1S/C30H44O8Si/c1-30(2,3)38-29(31)28(39(8,9)10)24(16-13-21-11-14-22(34-6)15-12-21)23-17-18-25(36-19-32-4)27(35-7)26(23)37-20-33-5/h11-18,24,28H,19-20H2,1-10H3/b16-13+. The van der Waals surface area contributed by atoms with E-state index < -0.39 is 25.1 Å². The third-order valence-electron chi connectivity index (χ3n) is 5.89. The van der Waals surface area contributed by atoms with Crippen LogP contribution in [0.4, 0.5) is 0 Å². The largest absolute Gasteiger partial charge is 0.497 e. The summed E-state index contributed by atoms with van der Waals surface area (Å²) in [6.45, 7) is 12.2. The maximum atomic E-state index is 13.8. The first-order valence-electron chi connectivity index (χ1n) is 12.9. The molecular formula is C30H44O8Si.